The summed E-state index contributed by atoms with van der Waals surface area (Å²) in [6.45, 7) is 0. The zero-order valence-corrected chi connectivity index (χ0v) is 20.9. The molecule has 0 saturated carbocycles. The van der Waals surface area contributed by atoms with Crippen LogP contribution >= 0.6 is 27.7 Å². The lowest BCUT2D eigenvalue weighted by Crippen LogP contribution is -2.14. The number of aromatic nitrogens is 3. The van der Waals surface area contributed by atoms with Crippen LogP contribution in [0.1, 0.15) is 0 Å². The Morgan fingerprint density at radius 3 is 1.94 bits per heavy atom. The van der Waals surface area contributed by atoms with Crippen molar-refractivity contribution in [1.29, 1.82) is 0 Å². The number of methoxy groups -OCH3 is 2. The van der Waals surface area contributed by atoms with E-state index in [2.05, 4.69) is 31.4 Å². The zero-order chi connectivity index (χ0) is 23.9. The zero-order valence-electron chi connectivity index (χ0n) is 18.5. The highest BCUT2D eigenvalue weighted by molar-refractivity contribution is 9.10. The van der Waals surface area contributed by atoms with E-state index in [1.807, 2.05) is 72.8 Å². The maximum absolute atomic E-state index is 12.4. The van der Waals surface area contributed by atoms with E-state index in [0.717, 1.165) is 32.8 Å². The highest BCUT2D eigenvalue weighted by atomic mass is 79.9. The van der Waals surface area contributed by atoms with E-state index in [4.69, 9.17) is 14.5 Å². The normalized spacial score (nSPS) is 10.6. The Labute approximate surface area is 210 Å². The van der Waals surface area contributed by atoms with Gasteiger partial charge in [-0.1, -0.05) is 27.7 Å². The molecule has 4 rings (SSSR count). The van der Waals surface area contributed by atoms with Crippen LogP contribution in [0.4, 0.5) is 5.69 Å². The average Bonchev–Trinajstić information content (AvgIpc) is 2.89. The molecule has 4 aromatic rings. The van der Waals surface area contributed by atoms with Crippen LogP contribution in [0.15, 0.2) is 82.4 Å². The molecule has 0 aliphatic rings. The highest BCUT2D eigenvalue weighted by Gasteiger charge is 2.15. The van der Waals surface area contributed by atoms with E-state index in [0.29, 0.717) is 16.5 Å². The Bertz CT molecular complexity index is 1270. The first-order valence-electron chi connectivity index (χ1n) is 10.3. The summed E-state index contributed by atoms with van der Waals surface area (Å²) in [6.07, 6.45) is 0. The number of benzene rings is 3. The predicted octanol–water partition coefficient (Wildman–Crippen LogP) is 5.72. The van der Waals surface area contributed by atoms with Crippen LogP contribution in [0.5, 0.6) is 11.5 Å². The molecule has 0 atom stereocenters. The van der Waals surface area contributed by atoms with Crippen molar-refractivity contribution in [3.8, 4) is 34.0 Å². The Hall–Kier alpha value is -3.43. The predicted molar refractivity (Wildman–Crippen MR) is 137 cm³/mol. The lowest BCUT2D eigenvalue weighted by molar-refractivity contribution is -0.113. The molecule has 0 saturated heterocycles. The summed E-state index contributed by atoms with van der Waals surface area (Å²) in [5, 5.41) is 12.0. The van der Waals surface area contributed by atoms with Crippen molar-refractivity contribution in [2.45, 2.75) is 5.16 Å². The number of hydrogen-bond donors (Lipinski definition) is 1. The largest absolute Gasteiger partial charge is 0.497 e. The summed E-state index contributed by atoms with van der Waals surface area (Å²) in [7, 11) is 3.25. The molecule has 0 spiro atoms. The van der Waals surface area contributed by atoms with E-state index in [1.54, 1.807) is 14.2 Å². The van der Waals surface area contributed by atoms with Gasteiger partial charge in [0.2, 0.25) is 11.1 Å². The second-order valence-corrected chi connectivity index (χ2v) is 8.95. The van der Waals surface area contributed by atoms with Crippen LogP contribution < -0.4 is 14.8 Å². The van der Waals surface area contributed by atoms with Gasteiger partial charge < -0.3 is 14.8 Å². The fourth-order valence-corrected chi connectivity index (χ4v) is 3.98. The van der Waals surface area contributed by atoms with E-state index >= 15 is 0 Å². The van der Waals surface area contributed by atoms with Gasteiger partial charge in [0.1, 0.15) is 22.9 Å². The summed E-state index contributed by atoms with van der Waals surface area (Å²) < 4.78 is 11.5. The first kappa shape index (κ1) is 23.7. The summed E-state index contributed by atoms with van der Waals surface area (Å²) >= 11 is 4.61. The SMILES string of the molecule is COc1ccc(-c2nnc(SCC(=O)Nc3ccc(Br)cc3)nc2-c2ccc(OC)cc2)cc1. The number of carbonyl (C=O) groups is 1. The smallest absolute Gasteiger partial charge is 0.234 e. The maximum atomic E-state index is 12.4. The first-order chi connectivity index (χ1) is 16.6. The third-order valence-electron chi connectivity index (χ3n) is 4.85. The number of rotatable bonds is 8. The second-order valence-electron chi connectivity index (χ2n) is 7.09. The Morgan fingerprint density at radius 2 is 1.38 bits per heavy atom. The quantitative estimate of drug-likeness (QED) is 0.288. The Balaban J connectivity index is 1.58. The minimum absolute atomic E-state index is 0.152. The molecule has 7 nitrogen and oxygen atoms in total. The van der Waals surface area contributed by atoms with Crippen LogP contribution in [-0.2, 0) is 4.79 Å². The fraction of sp³-hybridized carbons (Fsp3) is 0.120. The summed E-state index contributed by atoms with van der Waals surface area (Å²) in [5.41, 5.74) is 3.75. The Morgan fingerprint density at radius 1 is 0.824 bits per heavy atom. The van der Waals surface area contributed by atoms with Crippen molar-refractivity contribution < 1.29 is 14.3 Å². The number of ether oxygens (including phenoxy) is 2. The molecule has 1 amide bonds. The van der Waals surface area contributed by atoms with E-state index in [1.165, 1.54) is 11.8 Å². The van der Waals surface area contributed by atoms with Crippen LogP contribution in [0, 0.1) is 0 Å². The van der Waals surface area contributed by atoms with Gasteiger partial charge in [0.15, 0.2) is 0 Å². The van der Waals surface area contributed by atoms with E-state index in [9.17, 15) is 4.79 Å². The molecular formula is C25H21BrN4O3S. The molecule has 0 aliphatic heterocycles. The molecule has 0 unspecified atom stereocenters. The monoisotopic (exact) mass is 536 g/mol. The van der Waals surface area contributed by atoms with E-state index < -0.39 is 0 Å². The van der Waals surface area contributed by atoms with Crippen LogP contribution in [0.3, 0.4) is 0 Å². The molecule has 0 fully saturated rings. The van der Waals surface area contributed by atoms with Crippen LogP contribution in [0.25, 0.3) is 22.5 Å². The van der Waals surface area contributed by atoms with Crippen molar-refractivity contribution >= 4 is 39.3 Å². The van der Waals surface area contributed by atoms with Gasteiger partial charge in [-0.05, 0) is 72.8 Å². The molecule has 9 heteroatoms. The van der Waals surface area contributed by atoms with Gasteiger partial charge in [-0.25, -0.2) is 4.98 Å². The maximum Gasteiger partial charge on any atom is 0.234 e. The molecule has 0 aliphatic carbocycles. The molecule has 0 radical (unpaired) electrons. The standard InChI is InChI=1S/C25H21BrN4O3S/c1-32-20-11-3-16(4-12-20)23-24(17-5-13-21(33-2)14-6-17)29-30-25(28-23)34-15-22(31)27-19-9-7-18(26)8-10-19/h3-14H,15H2,1-2H3,(H,27,31). The molecular weight excluding hydrogens is 516 g/mol. The number of nitrogens with zero attached hydrogens (tertiary/aromatic N) is 3. The summed E-state index contributed by atoms with van der Waals surface area (Å²) in [4.78, 5) is 17.1. The minimum atomic E-state index is -0.152. The van der Waals surface area contributed by atoms with E-state index in [-0.39, 0.29) is 11.7 Å². The molecule has 1 aromatic heterocycles. The number of anilines is 1. The number of hydrogen-bond acceptors (Lipinski definition) is 7. The lowest BCUT2D eigenvalue weighted by atomic mass is 10.0. The molecule has 172 valence electrons. The highest BCUT2D eigenvalue weighted by Crippen LogP contribution is 2.31. The van der Waals surface area contributed by atoms with Crippen molar-refractivity contribution in [3.05, 3.63) is 77.3 Å². The van der Waals surface area contributed by atoms with Gasteiger partial charge in [-0.2, -0.15) is 0 Å². The number of amides is 1. The van der Waals surface area contributed by atoms with Gasteiger partial charge >= 0.3 is 0 Å². The summed E-state index contributed by atoms with van der Waals surface area (Å²) in [5.74, 6) is 1.50. The average molecular weight is 537 g/mol. The van der Waals surface area contributed by atoms with Crippen molar-refractivity contribution in [1.82, 2.24) is 15.2 Å². The summed E-state index contributed by atoms with van der Waals surface area (Å²) in [6, 6.07) is 22.5. The molecule has 0 bridgehead atoms. The van der Waals surface area contributed by atoms with Crippen molar-refractivity contribution in [2.24, 2.45) is 0 Å². The fourth-order valence-electron chi connectivity index (χ4n) is 3.13. The number of carbonyl (C=O) groups excluding carboxylic acids is 1. The van der Waals surface area contributed by atoms with Crippen molar-refractivity contribution in [2.75, 3.05) is 25.3 Å². The number of nitrogens with one attached hydrogen (secondary N) is 1. The van der Waals surface area contributed by atoms with Gasteiger partial charge in [-0.3, -0.25) is 4.79 Å². The lowest BCUT2D eigenvalue weighted by Gasteiger charge is -2.11. The molecule has 34 heavy (non-hydrogen) atoms. The molecule has 3 aromatic carbocycles. The van der Waals surface area contributed by atoms with Gasteiger partial charge in [0.25, 0.3) is 0 Å². The van der Waals surface area contributed by atoms with Crippen LogP contribution in [0.2, 0.25) is 0 Å². The molecule has 1 heterocycles. The number of halogens is 1. The van der Waals surface area contributed by atoms with Gasteiger partial charge in [-0.15, -0.1) is 10.2 Å². The van der Waals surface area contributed by atoms with Crippen molar-refractivity contribution in [3.63, 3.8) is 0 Å². The second kappa shape index (κ2) is 11.1. The third-order valence-corrected chi connectivity index (χ3v) is 6.22. The van der Waals surface area contributed by atoms with Gasteiger partial charge in [0.05, 0.1) is 20.0 Å². The minimum Gasteiger partial charge on any atom is -0.497 e. The Kier molecular flexibility index (Phi) is 7.76. The first-order valence-corrected chi connectivity index (χ1v) is 12.1. The third kappa shape index (κ3) is 5.92. The van der Waals surface area contributed by atoms with Gasteiger partial charge in [0, 0.05) is 21.3 Å². The van der Waals surface area contributed by atoms with Crippen LogP contribution in [-0.4, -0.2) is 41.1 Å². The molecule has 1 N–H and O–H groups in total. The topological polar surface area (TPSA) is 86.2 Å². The number of thioether (sulfide) groups is 1.